The summed E-state index contributed by atoms with van der Waals surface area (Å²) in [5, 5.41) is 4.29. The highest BCUT2D eigenvalue weighted by Crippen LogP contribution is 2.11. The Labute approximate surface area is 109 Å². The average Bonchev–Trinajstić information content (AvgIpc) is 2.67. The van der Waals surface area contributed by atoms with E-state index in [0.717, 1.165) is 16.5 Å². The van der Waals surface area contributed by atoms with Crippen molar-refractivity contribution in [2.24, 2.45) is 5.73 Å². The quantitative estimate of drug-likeness (QED) is 0.874. The van der Waals surface area contributed by atoms with Crippen molar-refractivity contribution >= 4 is 22.6 Å². The molecule has 0 atom stereocenters. The number of benzene rings is 1. The molecule has 2 rings (SSSR count). The Balaban J connectivity index is 2.20. The van der Waals surface area contributed by atoms with Gasteiger partial charge in [-0.2, -0.15) is 5.10 Å². The molecule has 2 aromatic rings. The molecule has 0 radical (unpaired) electrons. The summed E-state index contributed by atoms with van der Waals surface area (Å²) in [4.78, 5) is 0. The lowest BCUT2D eigenvalue weighted by Crippen LogP contribution is -2.08. The van der Waals surface area contributed by atoms with Crippen molar-refractivity contribution < 1.29 is 0 Å². The highest BCUT2D eigenvalue weighted by Gasteiger charge is 2.02. The first kappa shape index (κ1) is 11.6. The number of halogens is 1. The molecule has 0 saturated heterocycles. The molecule has 3 nitrogen and oxygen atoms in total. The standard InChI is InChI=1S/C12H14IN3/c13-12-7-15-16(9-12)8-11-4-2-1-3-10(11)5-6-14/h1-4,7,9H,5-6,8,14H2. The van der Waals surface area contributed by atoms with Crippen molar-refractivity contribution in [3.05, 3.63) is 51.4 Å². The van der Waals surface area contributed by atoms with Gasteiger partial charge in [-0.1, -0.05) is 24.3 Å². The largest absolute Gasteiger partial charge is 0.330 e. The summed E-state index contributed by atoms with van der Waals surface area (Å²) in [5.74, 6) is 0. The van der Waals surface area contributed by atoms with Crippen molar-refractivity contribution in [2.45, 2.75) is 13.0 Å². The van der Waals surface area contributed by atoms with Crippen molar-refractivity contribution in [3.63, 3.8) is 0 Å². The van der Waals surface area contributed by atoms with E-state index < -0.39 is 0 Å². The maximum absolute atomic E-state index is 5.60. The van der Waals surface area contributed by atoms with Crippen molar-refractivity contribution in [1.29, 1.82) is 0 Å². The molecule has 0 aliphatic rings. The first-order valence-corrected chi connectivity index (χ1v) is 6.32. The lowest BCUT2D eigenvalue weighted by atomic mass is 10.0. The normalized spacial score (nSPS) is 10.6. The van der Waals surface area contributed by atoms with Gasteiger partial charge in [-0.3, -0.25) is 4.68 Å². The Kier molecular flexibility index (Phi) is 3.95. The topological polar surface area (TPSA) is 43.8 Å². The lowest BCUT2D eigenvalue weighted by molar-refractivity contribution is 0.680. The van der Waals surface area contributed by atoms with Gasteiger partial charge in [-0.05, 0) is 46.7 Å². The van der Waals surface area contributed by atoms with Gasteiger partial charge in [-0.25, -0.2) is 0 Å². The van der Waals surface area contributed by atoms with Crippen LogP contribution in [0.25, 0.3) is 0 Å². The molecule has 1 heterocycles. The van der Waals surface area contributed by atoms with E-state index in [0.29, 0.717) is 6.54 Å². The van der Waals surface area contributed by atoms with E-state index in [2.05, 4.69) is 52.0 Å². The maximum Gasteiger partial charge on any atom is 0.0662 e. The third-order valence-electron chi connectivity index (χ3n) is 2.47. The van der Waals surface area contributed by atoms with E-state index in [-0.39, 0.29) is 0 Å². The Morgan fingerprint density at radius 3 is 2.62 bits per heavy atom. The van der Waals surface area contributed by atoms with Crippen LogP contribution in [0.15, 0.2) is 36.7 Å². The average molecular weight is 327 g/mol. The molecule has 16 heavy (non-hydrogen) atoms. The highest BCUT2D eigenvalue weighted by atomic mass is 127. The third kappa shape index (κ3) is 2.82. The Morgan fingerprint density at radius 2 is 2.00 bits per heavy atom. The molecule has 1 aromatic carbocycles. The lowest BCUT2D eigenvalue weighted by Gasteiger charge is -2.08. The van der Waals surface area contributed by atoms with Crippen LogP contribution in [0.1, 0.15) is 11.1 Å². The van der Waals surface area contributed by atoms with Crippen molar-refractivity contribution in [2.75, 3.05) is 6.54 Å². The van der Waals surface area contributed by atoms with Crippen LogP contribution in [0.5, 0.6) is 0 Å². The van der Waals surface area contributed by atoms with Crippen LogP contribution in [-0.4, -0.2) is 16.3 Å². The van der Waals surface area contributed by atoms with E-state index in [1.54, 1.807) is 0 Å². The summed E-state index contributed by atoms with van der Waals surface area (Å²) in [6.45, 7) is 1.51. The van der Waals surface area contributed by atoms with E-state index in [4.69, 9.17) is 5.73 Å². The van der Waals surface area contributed by atoms with Crippen LogP contribution < -0.4 is 5.73 Å². The fourth-order valence-electron chi connectivity index (χ4n) is 1.71. The fraction of sp³-hybridized carbons (Fsp3) is 0.250. The summed E-state index contributed by atoms with van der Waals surface area (Å²) >= 11 is 2.27. The molecule has 4 heteroatoms. The van der Waals surface area contributed by atoms with E-state index in [1.807, 2.05) is 17.1 Å². The first-order chi connectivity index (χ1) is 7.79. The van der Waals surface area contributed by atoms with Gasteiger partial charge in [0.25, 0.3) is 0 Å². The molecule has 0 fully saturated rings. The smallest absolute Gasteiger partial charge is 0.0662 e. The SMILES string of the molecule is NCCc1ccccc1Cn1cc(I)cn1. The molecule has 0 saturated carbocycles. The number of nitrogens with two attached hydrogens (primary N) is 1. The van der Waals surface area contributed by atoms with Gasteiger partial charge in [0.1, 0.15) is 0 Å². The number of rotatable bonds is 4. The van der Waals surface area contributed by atoms with Crippen LogP contribution in [0.4, 0.5) is 0 Å². The molecule has 0 aliphatic carbocycles. The maximum atomic E-state index is 5.60. The second-order valence-corrected chi connectivity index (χ2v) is 4.91. The fourth-order valence-corrected chi connectivity index (χ4v) is 2.16. The summed E-state index contributed by atoms with van der Waals surface area (Å²) in [7, 11) is 0. The van der Waals surface area contributed by atoms with E-state index in [1.165, 1.54) is 11.1 Å². The number of hydrogen-bond donors (Lipinski definition) is 1. The zero-order valence-electron chi connectivity index (χ0n) is 8.94. The molecular formula is C12H14IN3. The summed E-state index contributed by atoms with van der Waals surface area (Å²) in [5.41, 5.74) is 8.22. The van der Waals surface area contributed by atoms with Crippen molar-refractivity contribution in [3.8, 4) is 0 Å². The summed E-state index contributed by atoms with van der Waals surface area (Å²) in [6.07, 6.45) is 4.83. The van der Waals surface area contributed by atoms with Gasteiger partial charge in [0.2, 0.25) is 0 Å². The van der Waals surface area contributed by atoms with Crippen LogP contribution in [0.2, 0.25) is 0 Å². The predicted octanol–water partition coefficient (Wildman–Crippen LogP) is 2.04. The number of nitrogens with zero attached hydrogens (tertiary/aromatic N) is 2. The zero-order chi connectivity index (χ0) is 11.4. The zero-order valence-corrected chi connectivity index (χ0v) is 11.1. The number of aromatic nitrogens is 2. The van der Waals surface area contributed by atoms with Gasteiger partial charge >= 0.3 is 0 Å². The van der Waals surface area contributed by atoms with Gasteiger partial charge in [0.05, 0.1) is 16.3 Å². The minimum atomic E-state index is 0.688. The Morgan fingerprint density at radius 1 is 1.25 bits per heavy atom. The Hall–Kier alpha value is -0.880. The van der Waals surface area contributed by atoms with E-state index in [9.17, 15) is 0 Å². The first-order valence-electron chi connectivity index (χ1n) is 5.24. The van der Waals surface area contributed by atoms with Gasteiger partial charge < -0.3 is 5.73 Å². The molecule has 0 aliphatic heterocycles. The van der Waals surface area contributed by atoms with Crippen LogP contribution >= 0.6 is 22.6 Å². The second-order valence-electron chi connectivity index (χ2n) is 3.66. The highest BCUT2D eigenvalue weighted by molar-refractivity contribution is 14.1. The van der Waals surface area contributed by atoms with Crippen molar-refractivity contribution in [1.82, 2.24) is 9.78 Å². The van der Waals surface area contributed by atoms with Gasteiger partial charge in [0, 0.05) is 6.20 Å². The molecule has 0 spiro atoms. The van der Waals surface area contributed by atoms with Gasteiger partial charge in [0.15, 0.2) is 0 Å². The minimum absolute atomic E-state index is 0.688. The molecular weight excluding hydrogens is 313 g/mol. The Bertz CT molecular complexity index is 465. The van der Waals surface area contributed by atoms with Gasteiger partial charge in [-0.15, -0.1) is 0 Å². The summed E-state index contributed by atoms with van der Waals surface area (Å²) < 4.78 is 3.12. The third-order valence-corrected chi connectivity index (χ3v) is 3.02. The second kappa shape index (κ2) is 5.45. The monoisotopic (exact) mass is 327 g/mol. The molecule has 2 N–H and O–H groups in total. The van der Waals surface area contributed by atoms with Crippen LogP contribution in [-0.2, 0) is 13.0 Å². The minimum Gasteiger partial charge on any atom is -0.330 e. The number of hydrogen-bond acceptors (Lipinski definition) is 2. The summed E-state index contributed by atoms with van der Waals surface area (Å²) in [6, 6.07) is 8.39. The molecule has 0 amide bonds. The predicted molar refractivity (Wildman–Crippen MR) is 73.2 cm³/mol. The van der Waals surface area contributed by atoms with E-state index >= 15 is 0 Å². The molecule has 0 bridgehead atoms. The van der Waals surface area contributed by atoms with Crippen LogP contribution in [0, 0.1) is 3.57 Å². The molecule has 0 unspecified atom stereocenters. The van der Waals surface area contributed by atoms with Crippen LogP contribution in [0.3, 0.4) is 0 Å². The molecule has 84 valence electrons. The molecule has 1 aromatic heterocycles.